The van der Waals surface area contributed by atoms with Gasteiger partial charge >= 0.3 is 0 Å². The van der Waals surface area contributed by atoms with E-state index >= 15 is 0 Å². The molecule has 0 aliphatic carbocycles. The molecule has 9 heteroatoms. The van der Waals surface area contributed by atoms with E-state index in [0.717, 1.165) is 84.7 Å². The van der Waals surface area contributed by atoms with Gasteiger partial charge in [-0.25, -0.2) is 12.9 Å². The lowest BCUT2D eigenvalue weighted by Crippen LogP contribution is -2.35. The maximum absolute atomic E-state index is 13.3. The summed E-state index contributed by atoms with van der Waals surface area (Å²) in [5.41, 5.74) is 5.42. The summed E-state index contributed by atoms with van der Waals surface area (Å²) in [7, 11) is -3.51. The number of aryl methyl sites for hydroxylation is 2. The molecule has 8 nitrogen and oxygen atoms in total. The van der Waals surface area contributed by atoms with Crippen LogP contribution in [0.5, 0.6) is 11.5 Å². The summed E-state index contributed by atoms with van der Waals surface area (Å²) in [5, 5.41) is 4.97. The molecule has 186 valence electrons. The molecule has 4 aromatic rings. The fraction of sp³-hybridized carbons (Fsp3) is 0.370. The number of fused-ring (bicyclic) bond motifs is 1. The molecule has 0 bridgehead atoms. The van der Waals surface area contributed by atoms with Crippen molar-refractivity contribution in [3.05, 3.63) is 54.2 Å². The van der Waals surface area contributed by atoms with Gasteiger partial charge in [0.05, 0.1) is 4.90 Å². The second-order valence-corrected chi connectivity index (χ2v) is 11.7. The molecule has 2 aromatic heterocycles. The normalized spacial score (nSPS) is 18.0. The van der Waals surface area contributed by atoms with Crippen molar-refractivity contribution < 1.29 is 17.9 Å². The molecule has 36 heavy (non-hydrogen) atoms. The average molecular weight is 505 g/mol. The van der Waals surface area contributed by atoms with Gasteiger partial charge in [0.1, 0.15) is 5.65 Å². The highest BCUT2D eigenvalue weighted by atomic mass is 32.2. The van der Waals surface area contributed by atoms with Crippen LogP contribution in [0.2, 0.25) is 0 Å². The Morgan fingerprint density at radius 1 is 0.833 bits per heavy atom. The first kappa shape index (κ1) is 21.9. The summed E-state index contributed by atoms with van der Waals surface area (Å²) in [6.45, 7) is 2.29. The van der Waals surface area contributed by atoms with Gasteiger partial charge in [0.15, 0.2) is 17.3 Å². The Kier molecular flexibility index (Phi) is 5.11. The lowest BCUT2D eigenvalue weighted by molar-refractivity contribution is 0.174. The highest BCUT2D eigenvalue weighted by Crippen LogP contribution is 2.40. The van der Waals surface area contributed by atoms with Gasteiger partial charge in [-0.3, -0.25) is 0 Å². The van der Waals surface area contributed by atoms with E-state index in [2.05, 4.69) is 16.8 Å². The lowest BCUT2D eigenvalue weighted by atomic mass is 10.0. The fourth-order valence-corrected chi connectivity index (χ4v) is 7.31. The van der Waals surface area contributed by atoms with Crippen molar-refractivity contribution in [3.8, 4) is 34.0 Å². The molecule has 0 unspecified atom stereocenters. The number of hydrogen-bond acceptors (Lipinski definition) is 5. The number of hydrogen-bond donors (Lipinski definition) is 0. The highest BCUT2D eigenvalue weighted by Gasteiger charge is 2.28. The Hall–Kier alpha value is -3.30. The topological polar surface area (TPSA) is 78.1 Å². The van der Waals surface area contributed by atoms with Gasteiger partial charge in [-0.2, -0.15) is 4.31 Å². The van der Waals surface area contributed by atoms with E-state index < -0.39 is 10.0 Å². The predicted octanol–water partition coefficient (Wildman–Crippen LogP) is 4.71. The number of ether oxygens (including phenoxy) is 2. The van der Waals surface area contributed by atoms with Gasteiger partial charge in [-0.05, 0) is 61.9 Å². The molecule has 7 rings (SSSR count). The van der Waals surface area contributed by atoms with Crippen LogP contribution in [0.15, 0.2) is 53.6 Å². The lowest BCUT2D eigenvalue weighted by Gasteiger charge is -2.26. The van der Waals surface area contributed by atoms with Crippen LogP contribution in [0, 0.1) is 0 Å². The van der Waals surface area contributed by atoms with E-state index in [9.17, 15) is 8.42 Å². The predicted molar refractivity (Wildman–Crippen MR) is 136 cm³/mol. The zero-order valence-electron chi connectivity index (χ0n) is 20.0. The summed E-state index contributed by atoms with van der Waals surface area (Å²) in [4.78, 5) is 0.345. The molecule has 0 radical (unpaired) electrons. The molecule has 0 atom stereocenters. The molecule has 0 N–H and O–H groups in total. The summed E-state index contributed by atoms with van der Waals surface area (Å²) in [6, 6.07) is 13.4. The Morgan fingerprint density at radius 3 is 2.56 bits per heavy atom. The van der Waals surface area contributed by atoms with Crippen molar-refractivity contribution >= 4 is 15.7 Å². The summed E-state index contributed by atoms with van der Waals surface area (Å²) >= 11 is 0. The van der Waals surface area contributed by atoms with Crippen LogP contribution in [0.4, 0.5) is 0 Å². The molecule has 2 aromatic carbocycles. The fourth-order valence-electron chi connectivity index (χ4n) is 5.75. The Balaban J connectivity index is 1.32. The van der Waals surface area contributed by atoms with Crippen molar-refractivity contribution in [2.75, 3.05) is 19.9 Å². The number of piperidine rings is 1. The summed E-state index contributed by atoms with van der Waals surface area (Å²) in [6.07, 6.45) is 8.11. The maximum atomic E-state index is 13.3. The van der Waals surface area contributed by atoms with E-state index in [1.54, 1.807) is 16.4 Å². The third-order valence-electron chi connectivity index (χ3n) is 7.56. The molecule has 5 heterocycles. The van der Waals surface area contributed by atoms with Gasteiger partial charge in [0.2, 0.25) is 16.8 Å². The van der Waals surface area contributed by atoms with Gasteiger partial charge in [0, 0.05) is 42.5 Å². The van der Waals surface area contributed by atoms with Gasteiger partial charge < -0.3 is 14.0 Å². The zero-order valence-corrected chi connectivity index (χ0v) is 20.8. The molecule has 1 saturated heterocycles. The highest BCUT2D eigenvalue weighted by molar-refractivity contribution is 7.89. The number of aromatic nitrogens is 3. The van der Waals surface area contributed by atoms with Crippen LogP contribution in [-0.4, -0.2) is 46.8 Å². The number of nitrogens with zero attached hydrogens (tertiary/aromatic N) is 4. The zero-order chi connectivity index (χ0) is 24.3. The minimum atomic E-state index is -3.51. The smallest absolute Gasteiger partial charge is 0.243 e. The standard InChI is InChI=1S/C27H28N4O4S/c32-36(33,29-12-3-1-4-13-29)21-8-6-7-20(15-21)26-28-31-17-23(22-9-2-5-14-30(26)27(22)31)19-10-11-24-25(16-19)35-18-34-24/h6-8,10-11,15-17H,1-5,9,12-14,18H2. The SMILES string of the molecule is O=S(=O)(c1cccc(-c2nn3cc(-c4ccc5c(c4)OCO5)c4c3n2CCCC4)c1)N1CCCCC1. The van der Waals surface area contributed by atoms with Gasteiger partial charge in [-0.15, -0.1) is 5.10 Å². The number of benzene rings is 2. The monoisotopic (exact) mass is 504 g/mol. The van der Waals surface area contributed by atoms with Crippen LogP contribution in [-0.2, 0) is 23.0 Å². The van der Waals surface area contributed by atoms with Crippen molar-refractivity contribution in [2.24, 2.45) is 0 Å². The van der Waals surface area contributed by atoms with Gasteiger partial charge in [-0.1, -0.05) is 24.6 Å². The quantitative estimate of drug-likeness (QED) is 0.402. The van der Waals surface area contributed by atoms with Crippen LogP contribution >= 0.6 is 0 Å². The summed E-state index contributed by atoms with van der Waals surface area (Å²) < 4.78 is 43.6. The molecule has 1 fully saturated rings. The Morgan fingerprint density at radius 2 is 1.67 bits per heavy atom. The molecule has 0 spiro atoms. The van der Waals surface area contributed by atoms with Crippen LogP contribution in [0.1, 0.15) is 37.7 Å². The molecular weight excluding hydrogens is 476 g/mol. The van der Waals surface area contributed by atoms with E-state index in [4.69, 9.17) is 14.6 Å². The Bertz CT molecular complexity index is 1580. The maximum Gasteiger partial charge on any atom is 0.243 e. The largest absolute Gasteiger partial charge is 0.454 e. The summed E-state index contributed by atoms with van der Waals surface area (Å²) in [5.74, 6) is 2.35. The van der Waals surface area contributed by atoms with Crippen molar-refractivity contribution in [2.45, 2.75) is 50.0 Å². The third kappa shape index (κ3) is 3.44. The molecule has 3 aliphatic heterocycles. The first-order valence-corrected chi connectivity index (χ1v) is 14.1. The second-order valence-electron chi connectivity index (χ2n) is 9.78. The van der Waals surface area contributed by atoms with Crippen molar-refractivity contribution in [1.29, 1.82) is 0 Å². The van der Waals surface area contributed by atoms with E-state index in [-0.39, 0.29) is 6.79 Å². The van der Waals surface area contributed by atoms with Crippen molar-refractivity contribution in [1.82, 2.24) is 18.5 Å². The molecule has 0 saturated carbocycles. The number of sulfonamides is 1. The minimum Gasteiger partial charge on any atom is -0.454 e. The molecule has 3 aliphatic rings. The van der Waals surface area contributed by atoms with E-state index in [1.165, 1.54) is 5.56 Å². The minimum absolute atomic E-state index is 0.256. The second kappa shape index (κ2) is 8.38. The van der Waals surface area contributed by atoms with Gasteiger partial charge in [0.25, 0.3) is 0 Å². The molecule has 0 amide bonds. The first-order chi connectivity index (χ1) is 17.6. The Labute approximate surface area is 210 Å². The molecular formula is C27H28N4O4S. The van der Waals surface area contributed by atoms with Crippen LogP contribution < -0.4 is 9.47 Å². The van der Waals surface area contributed by atoms with E-state index in [0.29, 0.717) is 18.0 Å². The van der Waals surface area contributed by atoms with Crippen LogP contribution in [0.25, 0.3) is 28.2 Å². The van der Waals surface area contributed by atoms with Crippen LogP contribution in [0.3, 0.4) is 0 Å². The first-order valence-electron chi connectivity index (χ1n) is 12.7. The average Bonchev–Trinajstić information content (AvgIpc) is 3.57. The number of rotatable bonds is 4. The van der Waals surface area contributed by atoms with Crippen molar-refractivity contribution in [3.63, 3.8) is 0 Å². The third-order valence-corrected chi connectivity index (χ3v) is 9.46. The van der Waals surface area contributed by atoms with E-state index in [1.807, 2.05) is 28.8 Å².